The Labute approximate surface area is 134 Å². The summed E-state index contributed by atoms with van der Waals surface area (Å²) in [7, 11) is -1.83. The maximum absolute atomic E-state index is 12.1. The van der Waals surface area contributed by atoms with Crippen molar-refractivity contribution in [3.8, 4) is 5.75 Å². The molecule has 2 N–H and O–H groups in total. The number of methoxy groups -OCH3 is 1. The lowest BCUT2D eigenvalue weighted by atomic mass is 10.3. The lowest BCUT2D eigenvalue weighted by Gasteiger charge is -2.12. The van der Waals surface area contributed by atoms with Gasteiger partial charge in [0.1, 0.15) is 5.75 Å². The van der Waals surface area contributed by atoms with Crippen LogP contribution in [0.5, 0.6) is 5.75 Å². The van der Waals surface area contributed by atoms with E-state index in [0.717, 1.165) is 17.4 Å². The molecular formula is C14H21BrN2O3S. The Hall–Kier alpha value is -0.790. The molecule has 118 valence electrons. The van der Waals surface area contributed by atoms with E-state index in [1.807, 2.05) is 0 Å². The van der Waals surface area contributed by atoms with Crippen molar-refractivity contribution in [3.63, 3.8) is 0 Å². The first kappa shape index (κ1) is 16.6. The van der Waals surface area contributed by atoms with Crippen LogP contribution in [0.4, 0.5) is 5.69 Å². The highest BCUT2D eigenvalue weighted by atomic mass is 79.9. The fraction of sp³-hybridized carbons (Fsp3) is 0.571. The van der Waals surface area contributed by atoms with Gasteiger partial charge in [0.2, 0.25) is 10.0 Å². The van der Waals surface area contributed by atoms with Gasteiger partial charge in [0.25, 0.3) is 0 Å². The fourth-order valence-corrected chi connectivity index (χ4v) is 3.53. The molecule has 1 aromatic carbocycles. The molecule has 1 fully saturated rings. The summed E-state index contributed by atoms with van der Waals surface area (Å²) in [5, 5.41) is 3.38. The molecule has 5 nitrogen and oxygen atoms in total. The van der Waals surface area contributed by atoms with E-state index in [4.69, 9.17) is 4.74 Å². The Kier molecular flexibility index (Phi) is 5.89. The number of unbranched alkanes of at least 4 members (excludes halogenated alkanes) is 1. The smallest absolute Gasteiger partial charge is 0.232 e. The van der Waals surface area contributed by atoms with Crippen molar-refractivity contribution in [1.29, 1.82) is 0 Å². The maximum Gasteiger partial charge on any atom is 0.232 e. The second kappa shape index (κ2) is 7.47. The van der Waals surface area contributed by atoms with E-state index in [1.54, 1.807) is 18.2 Å². The van der Waals surface area contributed by atoms with Gasteiger partial charge in [-0.25, -0.2) is 8.42 Å². The van der Waals surface area contributed by atoms with E-state index in [2.05, 4.69) is 26.0 Å². The van der Waals surface area contributed by atoms with Crippen molar-refractivity contribution in [3.05, 3.63) is 22.7 Å². The Morgan fingerprint density at radius 3 is 2.76 bits per heavy atom. The highest BCUT2D eigenvalue weighted by Gasteiger charge is 2.19. The van der Waals surface area contributed by atoms with E-state index in [0.29, 0.717) is 23.9 Å². The van der Waals surface area contributed by atoms with Crippen LogP contribution in [-0.2, 0) is 10.0 Å². The van der Waals surface area contributed by atoms with Crippen LogP contribution in [0.25, 0.3) is 0 Å². The average Bonchev–Trinajstić information content (AvgIpc) is 3.22. The van der Waals surface area contributed by atoms with Gasteiger partial charge >= 0.3 is 0 Å². The van der Waals surface area contributed by atoms with Gasteiger partial charge in [-0.15, -0.1) is 0 Å². The summed E-state index contributed by atoms with van der Waals surface area (Å²) in [6.07, 6.45) is 4.02. The average molecular weight is 377 g/mol. The van der Waals surface area contributed by atoms with Crippen LogP contribution in [0.1, 0.15) is 25.7 Å². The minimum atomic E-state index is -3.35. The van der Waals surface area contributed by atoms with Crippen LogP contribution in [0.3, 0.4) is 0 Å². The number of rotatable bonds is 9. The van der Waals surface area contributed by atoms with Gasteiger partial charge in [0.05, 0.1) is 18.6 Å². The summed E-state index contributed by atoms with van der Waals surface area (Å²) in [6.45, 7) is 0.889. The Balaban J connectivity index is 1.83. The predicted octanol–water partition coefficient (Wildman–Crippen LogP) is 2.73. The molecule has 0 bridgehead atoms. The van der Waals surface area contributed by atoms with Crippen molar-refractivity contribution in [2.24, 2.45) is 0 Å². The minimum absolute atomic E-state index is 0.120. The fourth-order valence-electron chi connectivity index (χ4n) is 1.99. The first-order valence-corrected chi connectivity index (χ1v) is 9.52. The van der Waals surface area contributed by atoms with Crippen molar-refractivity contribution in [1.82, 2.24) is 5.32 Å². The highest BCUT2D eigenvalue weighted by molar-refractivity contribution is 9.10. The number of halogens is 1. The molecule has 0 aromatic heterocycles. The highest BCUT2D eigenvalue weighted by Crippen LogP contribution is 2.28. The molecular weight excluding hydrogens is 356 g/mol. The predicted molar refractivity (Wildman–Crippen MR) is 88.4 cm³/mol. The Morgan fingerprint density at radius 1 is 1.33 bits per heavy atom. The molecule has 7 heteroatoms. The first-order valence-electron chi connectivity index (χ1n) is 7.07. The number of sulfonamides is 1. The van der Waals surface area contributed by atoms with E-state index >= 15 is 0 Å². The zero-order valence-electron chi connectivity index (χ0n) is 12.1. The summed E-state index contributed by atoms with van der Waals surface area (Å²) in [5.41, 5.74) is 0.461. The zero-order valence-corrected chi connectivity index (χ0v) is 14.5. The van der Waals surface area contributed by atoms with Crippen LogP contribution < -0.4 is 14.8 Å². The molecule has 1 aliphatic rings. The molecule has 0 spiro atoms. The van der Waals surface area contributed by atoms with Crippen LogP contribution in [-0.4, -0.2) is 33.9 Å². The number of nitrogens with one attached hydrogen (secondary N) is 2. The molecule has 0 saturated heterocycles. The third-order valence-corrected chi connectivity index (χ3v) is 5.13. The van der Waals surface area contributed by atoms with Gasteiger partial charge in [-0.2, -0.15) is 0 Å². The quantitative estimate of drug-likeness (QED) is 0.650. The van der Waals surface area contributed by atoms with Crippen LogP contribution in [0, 0.1) is 0 Å². The van der Waals surface area contributed by atoms with Crippen molar-refractivity contribution >= 4 is 31.6 Å². The topological polar surface area (TPSA) is 67.4 Å². The van der Waals surface area contributed by atoms with Gasteiger partial charge in [-0.1, -0.05) is 15.9 Å². The molecule has 2 rings (SSSR count). The molecule has 0 unspecified atom stereocenters. The molecule has 0 atom stereocenters. The largest absolute Gasteiger partial charge is 0.495 e. The molecule has 0 aliphatic heterocycles. The SMILES string of the molecule is COc1ccc(Br)cc1NS(=O)(=O)CCCCNC1CC1. The van der Waals surface area contributed by atoms with Crippen LogP contribution in [0.15, 0.2) is 22.7 Å². The van der Waals surface area contributed by atoms with Crippen LogP contribution >= 0.6 is 15.9 Å². The third kappa shape index (κ3) is 5.84. The van der Waals surface area contributed by atoms with Gasteiger partial charge in [-0.05, 0) is 50.4 Å². The number of hydrogen-bond acceptors (Lipinski definition) is 4. The number of benzene rings is 1. The Bertz CT molecular complexity index is 574. The molecule has 1 aliphatic carbocycles. The third-order valence-electron chi connectivity index (χ3n) is 3.28. The molecule has 0 radical (unpaired) electrons. The molecule has 0 heterocycles. The zero-order chi connectivity index (χ0) is 15.3. The van der Waals surface area contributed by atoms with Crippen molar-refractivity contribution < 1.29 is 13.2 Å². The van der Waals surface area contributed by atoms with E-state index < -0.39 is 10.0 Å². The summed E-state index contributed by atoms with van der Waals surface area (Å²) in [4.78, 5) is 0. The number of ether oxygens (including phenoxy) is 1. The molecule has 21 heavy (non-hydrogen) atoms. The molecule has 1 aromatic rings. The van der Waals surface area contributed by atoms with E-state index in [9.17, 15) is 8.42 Å². The van der Waals surface area contributed by atoms with Crippen LogP contribution in [0.2, 0.25) is 0 Å². The van der Waals surface area contributed by atoms with Gasteiger partial charge in [-0.3, -0.25) is 4.72 Å². The van der Waals surface area contributed by atoms with E-state index in [1.165, 1.54) is 20.0 Å². The number of anilines is 1. The second-order valence-corrected chi connectivity index (χ2v) is 7.96. The maximum atomic E-state index is 12.1. The Morgan fingerprint density at radius 2 is 2.10 bits per heavy atom. The number of hydrogen-bond donors (Lipinski definition) is 2. The second-order valence-electron chi connectivity index (χ2n) is 5.20. The monoisotopic (exact) mass is 376 g/mol. The van der Waals surface area contributed by atoms with E-state index in [-0.39, 0.29) is 5.75 Å². The summed E-state index contributed by atoms with van der Waals surface area (Å²) < 4.78 is 32.7. The van der Waals surface area contributed by atoms with Gasteiger partial charge in [0.15, 0.2) is 0 Å². The molecule has 1 saturated carbocycles. The summed E-state index contributed by atoms with van der Waals surface area (Å²) >= 11 is 3.33. The van der Waals surface area contributed by atoms with Crippen molar-refractivity contribution in [2.45, 2.75) is 31.7 Å². The van der Waals surface area contributed by atoms with Crippen molar-refractivity contribution in [2.75, 3.05) is 24.1 Å². The summed E-state index contributed by atoms with van der Waals surface area (Å²) in [6, 6.07) is 5.90. The standard InChI is InChI=1S/C14H21BrN2O3S/c1-20-14-7-4-11(15)10-13(14)17-21(18,19)9-3-2-8-16-12-5-6-12/h4,7,10,12,16-17H,2-3,5-6,8-9H2,1H3. The normalized spacial score (nSPS) is 15.0. The van der Waals surface area contributed by atoms with Gasteiger partial charge in [0, 0.05) is 10.5 Å². The van der Waals surface area contributed by atoms with Gasteiger partial charge < -0.3 is 10.1 Å². The summed E-state index contributed by atoms with van der Waals surface area (Å²) in [5.74, 6) is 0.631. The lowest BCUT2D eigenvalue weighted by Crippen LogP contribution is -2.20. The minimum Gasteiger partial charge on any atom is -0.495 e. The first-order chi connectivity index (χ1) is 10.00. The lowest BCUT2D eigenvalue weighted by molar-refractivity contribution is 0.417. The molecule has 0 amide bonds.